The monoisotopic (exact) mass is 418 g/mol. The van der Waals surface area contributed by atoms with Gasteiger partial charge >= 0.3 is 0 Å². The highest BCUT2D eigenvalue weighted by atomic mass is 35.5. The number of halogens is 2. The molecule has 0 amide bonds. The number of nitrogens with one attached hydrogen (secondary N) is 1. The van der Waals surface area contributed by atoms with Crippen LogP contribution < -0.4 is 10.5 Å². The lowest BCUT2D eigenvalue weighted by atomic mass is 9.98. The van der Waals surface area contributed by atoms with Crippen LogP contribution >= 0.6 is 12.4 Å². The Hall–Kier alpha value is -1.55. The fourth-order valence-electron chi connectivity index (χ4n) is 3.16. The van der Waals surface area contributed by atoms with Gasteiger partial charge in [-0.2, -0.15) is 9.71 Å². The van der Waals surface area contributed by atoms with Crippen molar-refractivity contribution in [2.24, 2.45) is 11.7 Å². The van der Waals surface area contributed by atoms with Crippen molar-refractivity contribution in [3.8, 4) is 0 Å². The van der Waals surface area contributed by atoms with Crippen LogP contribution in [-0.2, 0) is 15.6 Å². The third kappa shape index (κ3) is 4.48. The fraction of sp³-hybridized carbons (Fsp3) is 0.529. The minimum atomic E-state index is -4.09. The van der Waals surface area contributed by atoms with Crippen LogP contribution in [0.3, 0.4) is 0 Å². The van der Waals surface area contributed by atoms with Gasteiger partial charge in [0.05, 0.1) is 5.54 Å². The standard InChI is InChI=1S/C17H23FN4O3S.ClH/c1-11(2)14(22-26(23,24)13-8-4-3-7-12(13)18)15-20-16(21-25-15)17(19)9-5-6-10-17;/h3-4,7-8,11,14,22H,5-6,9-10,19H2,1-2H3;1H. The molecule has 0 aliphatic heterocycles. The van der Waals surface area contributed by atoms with E-state index in [1.54, 1.807) is 0 Å². The fourth-order valence-corrected chi connectivity index (χ4v) is 4.57. The van der Waals surface area contributed by atoms with Gasteiger partial charge < -0.3 is 10.3 Å². The maximum absolute atomic E-state index is 13.9. The predicted molar refractivity (Wildman–Crippen MR) is 100 cm³/mol. The Kier molecular flexibility index (Phi) is 6.62. The van der Waals surface area contributed by atoms with Crippen molar-refractivity contribution in [1.82, 2.24) is 14.9 Å². The van der Waals surface area contributed by atoms with Crippen LogP contribution in [-0.4, -0.2) is 18.6 Å². The molecule has 10 heteroatoms. The molecule has 1 aromatic heterocycles. The van der Waals surface area contributed by atoms with Crippen molar-refractivity contribution in [2.45, 2.75) is 56.0 Å². The van der Waals surface area contributed by atoms with E-state index in [4.69, 9.17) is 10.3 Å². The summed E-state index contributed by atoms with van der Waals surface area (Å²) in [7, 11) is -4.09. The van der Waals surface area contributed by atoms with E-state index in [-0.39, 0.29) is 24.2 Å². The molecule has 1 atom stereocenters. The number of hydrogen-bond acceptors (Lipinski definition) is 6. The predicted octanol–water partition coefficient (Wildman–Crippen LogP) is 3.03. The first kappa shape index (κ1) is 21.7. The zero-order chi connectivity index (χ0) is 18.9. The zero-order valence-corrected chi connectivity index (χ0v) is 16.8. The van der Waals surface area contributed by atoms with E-state index in [0.29, 0.717) is 5.82 Å². The van der Waals surface area contributed by atoms with E-state index in [1.807, 2.05) is 13.8 Å². The van der Waals surface area contributed by atoms with Crippen LogP contribution in [0.15, 0.2) is 33.7 Å². The van der Waals surface area contributed by atoms with E-state index in [0.717, 1.165) is 31.7 Å². The van der Waals surface area contributed by atoms with Crippen LogP contribution in [0, 0.1) is 11.7 Å². The summed E-state index contributed by atoms with van der Waals surface area (Å²) in [6.07, 6.45) is 3.51. The number of benzene rings is 1. The second kappa shape index (κ2) is 8.22. The zero-order valence-electron chi connectivity index (χ0n) is 15.2. The summed E-state index contributed by atoms with van der Waals surface area (Å²) in [4.78, 5) is 3.94. The Morgan fingerprint density at radius 1 is 1.26 bits per heavy atom. The number of rotatable bonds is 6. The number of sulfonamides is 1. The second-order valence-corrected chi connectivity index (χ2v) is 8.78. The molecule has 1 heterocycles. The summed E-state index contributed by atoms with van der Waals surface area (Å²) in [5.41, 5.74) is 5.70. The van der Waals surface area contributed by atoms with Gasteiger partial charge in [-0.1, -0.05) is 44.0 Å². The third-order valence-electron chi connectivity index (χ3n) is 4.72. The van der Waals surface area contributed by atoms with Crippen molar-refractivity contribution in [3.63, 3.8) is 0 Å². The van der Waals surface area contributed by atoms with Gasteiger partial charge in [-0.3, -0.25) is 0 Å². The van der Waals surface area contributed by atoms with Crippen molar-refractivity contribution in [1.29, 1.82) is 0 Å². The highest BCUT2D eigenvalue weighted by Crippen LogP contribution is 2.35. The van der Waals surface area contributed by atoms with Gasteiger partial charge in [0.15, 0.2) is 5.82 Å². The molecule has 7 nitrogen and oxygen atoms in total. The molecule has 1 aromatic carbocycles. The second-order valence-electron chi connectivity index (χ2n) is 7.09. The maximum Gasteiger partial charge on any atom is 0.245 e. The minimum absolute atomic E-state index is 0. The van der Waals surface area contributed by atoms with Gasteiger partial charge in [-0.25, -0.2) is 12.8 Å². The Balaban J connectivity index is 0.00000261. The third-order valence-corrected chi connectivity index (χ3v) is 6.20. The van der Waals surface area contributed by atoms with Gasteiger partial charge in [0.1, 0.15) is 16.8 Å². The lowest BCUT2D eigenvalue weighted by Crippen LogP contribution is -2.35. The van der Waals surface area contributed by atoms with Gasteiger partial charge in [0.25, 0.3) is 0 Å². The van der Waals surface area contributed by atoms with Gasteiger partial charge in [0, 0.05) is 0 Å². The molecular weight excluding hydrogens is 395 g/mol. The molecule has 0 saturated heterocycles. The summed E-state index contributed by atoms with van der Waals surface area (Å²) < 4.78 is 46.9. The molecule has 0 spiro atoms. The first-order valence-electron chi connectivity index (χ1n) is 8.63. The van der Waals surface area contributed by atoms with E-state index >= 15 is 0 Å². The summed E-state index contributed by atoms with van der Waals surface area (Å²) in [5.74, 6) is -0.491. The number of nitrogens with two attached hydrogens (primary N) is 1. The Morgan fingerprint density at radius 2 is 1.89 bits per heavy atom. The highest BCUT2D eigenvalue weighted by Gasteiger charge is 2.38. The first-order valence-corrected chi connectivity index (χ1v) is 10.1. The Morgan fingerprint density at radius 3 is 2.48 bits per heavy atom. The molecule has 3 N–H and O–H groups in total. The SMILES string of the molecule is CC(C)C(NS(=O)(=O)c1ccccc1F)c1nc(C2(N)CCCC2)no1.Cl. The van der Waals surface area contributed by atoms with Gasteiger partial charge in [-0.15, -0.1) is 12.4 Å². The maximum atomic E-state index is 13.9. The van der Waals surface area contributed by atoms with Gasteiger partial charge in [0.2, 0.25) is 15.9 Å². The molecule has 1 saturated carbocycles. The highest BCUT2D eigenvalue weighted by molar-refractivity contribution is 7.89. The lowest BCUT2D eigenvalue weighted by Gasteiger charge is -2.20. The van der Waals surface area contributed by atoms with Crippen LogP contribution in [0.25, 0.3) is 0 Å². The largest absolute Gasteiger partial charge is 0.337 e. The molecule has 150 valence electrons. The summed E-state index contributed by atoms with van der Waals surface area (Å²) in [6.45, 7) is 3.62. The Labute approximate surface area is 164 Å². The molecule has 1 unspecified atom stereocenters. The van der Waals surface area contributed by atoms with Crippen LogP contribution in [0.4, 0.5) is 4.39 Å². The molecular formula is C17H24ClFN4O3S. The average Bonchev–Trinajstić information content (AvgIpc) is 3.23. The van der Waals surface area contributed by atoms with Crippen LogP contribution in [0.5, 0.6) is 0 Å². The topological polar surface area (TPSA) is 111 Å². The molecule has 1 fully saturated rings. The molecule has 0 radical (unpaired) electrons. The minimum Gasteiger partial charge on any atom is -0.337 e. The quantitative estimate of drug-likeness (QED) is 0.745. The number of nitrogens with zero attached hydrogens (tertiary/aromatic N) is 2. The molecule has 2 aromatic rings. The van der Waals surface area contributed by atoms with Crippen LogP contribution in [0.1, 0.15) is 57.3 Å². The van der Waals surface area contributed by atoms with Gasteiger partial charge in [-0.05, 0) is 30.9 Å². The summed E-state index contributed by atoms with van der Waals surface area (Å²) >= 11 is 0. The summed E-state index contributed by atoms with van der Waals surface area (Å²) in [6, 6.07) is 4.42. The van der Waals surface area contributed by atoms with Crippen molar-refractivity contribution >= 4 is 22.4 Å². The smallest absolute Gasteiger partial charge is 0.245 e. The number of hydrogen-bond donors (Lipinski definition) is 2. The molecule has 1 aliphatic rings. The number of aromatic nitrogens is 2. The summed E-state index contributed by atoms with van der Waals surface area (Å²) in [5, 5.41) is 3.97. The van der Waals surface area contributed by atoms with Crippen molar-refractivity contribution in [2.75, 3.05) is 0 Å². The first-order chi connectivity index (χ1) is 12.2. The average molecular weight is 419 g/mol. The lowest BCUT2D eigenvalue weighted by molar-refractivity contribution is 0.302. The molecule has 27 heavy (non-hydrogen) atoms. The van der Waals surface area contributed by atoms with Crippen molar-refractivity contribution < 1.29 is 17.3 Å². The normalized spacial score (nSPS) is 17.7. The Bertz CT molecular complexity index is 882. The molecule has 3 rings (SSSR count). The molecule has 1 aliphatic carbocycles. The van der Waals surface area contributed by atoms with E-state index in [9.17, 15) is 12.8 Å². The van der Waals surface area contributed by atoms with E-state index < -0.39 is 32.3 Å². The molecule has 0 bridgehead atoms. The van der Waals surface area contributed by atoms with E-state index in [2.05, 4.69) is 14.9 Å². The van der Waals surface area contributed by atoms with Crippen molar-refractivity contribution in [3.05, 3.63) is 41.8 Å². The van der Waals surface area contributed by atoms with Crippen LogP contribution in [0.2, 0.25) is 0 Å². The van der Waals surface area contributed by atoms with E-state index in [1.165, 1.54) is 18.2 Å².